The third-order valence-corrected chi connectivity index (χ3v) is 6.86. The molecule has 0 unspecified atom stereocenters. The summed E-state index contributed by atoms with van der Waals surface area (Å²) >= 11 is 0. The molecule has 0 atom stereocenters. The van der Waals surface area contributed by atoms with Gasteiger partial charge in [0.05, 0.1) is 24.5 Å². The number of anilines is 3. The second-order valence-electron chi connectivity index (χ2n) is 8.90. The van der Waals surface area contributed by atoms with Gasteiger partial charge in [-0.2, -0.15) is 13.2 Å². The minimum Gasteiger partial charge on any atom is -0.484 e. The molecule has 0 saturated carbocycles. The normalized spacial score (nSPS) is 21.7. The molecule has 3 fully saturated rings. The largest absolute Gasteiger partial charge is 0.484 e. The molecule has 2 aromatic rings. The second kappa shape index (κ2) is 8.00. The summed E-state index contributed by atoms with van der Waals surface area (Å²) < 4.78 is 53.3. The van der Waals surface area contributed by atoms with Gasteiger partial charge in [0.1, 0.15) is 12.4 Å². The molecule has 33 heavy (non-hydrogen) atoms. The summed E-state index contributed by atoms with van der Waals surface area (Å²) in [5, 5.41) is 6.37. The molecule has 0 amide bonds. The number of nitrogens with one attached hydrogen (secondary N) is 2. The van der Waals surface area contributed by atoms with Crippen molar-refractivity contribution in [3.8, 4) is 5.75 Å². The summed E-state index contributed by atoms with van der Waals surface area (Å²) in [6, 6.07) is 4.04. The third-order valence-electron chi connectivity index (χ3n) is 6.86. The summed E-state index contributed by atoms with van der Waals surface area (Å²) in [5.41, 5.74) is 1.36. The predicted molar refractivity (Wildman–Crippen MR) is 115 cm³/mol. The number of fused-ring (bicyclic) bond motifs is 2. The lowest BCUT2D eigenvalue weighted by molar-refractivity contribution is -0.142. The Morgan fingerprint density at radius 2 is 1.91 bits per heavy atom. The molecule has 8 nitrogen and oxygen atoms in total. The molecular weight excluding hydrogens is 437 g/mol. The van der Waals surface area contributed by atoms with E-state index in [0.29, 0.717) is 56.9 Å². The fraction of sp³-hybridized carbons (Fsp3) is 0.545. The maximum atomic E-state index is 14.0. The Labute approximate surface area is 189 Å². The van der Waals surface area contributed by atoms with Crippen LogP contribution in [0, 0.1) is 0 Å². The Balaban J connectivity index is 1.34. The highest BCUT2D eigenvalue weighted by molar-refractivity contribution is 5.74. The molecule has 3 saturated heterocycles. The number of halogens is 3. The monoisotopic (exact) mass is 462 g/mol. The van der Waals surface area contributed by atoms with Gasteiger partial charge >= 0.3 is 6.18 Å². The zero-order valence-corrected chi connectivity index (χ0v) is 18.0. The Hall–Kier alpha value is -2.63. The van der Waals surface area contributed by atoms with Gasteiger partial charge in [-0.1, -0.05) is 0 Å². The molecule has 2 aromatic heterocycles. The van der Waals surface area contributed by atoms with Gasteiger partial charge in [-0.3, -0.25) is 4.90 Å². The zero-order chi connectivity index (χ0) is 22.6. The van der Waals surface area contributed by atoms with Crippen molar-refractivity contribution in [1.29, 1.82) is 0 Å². The van der Waals surface area contributed by atoms with Crippen LogP contribution in [0.5, 0.6) is 5.75 Å². The minimum absolute atomic E-state index is 0.0220. The molecule has 11 heteroatoms. The van der Waals surface area contributed by atoms with Gasteiger partial charge in [-0.25, -0.2) is 9.97 Å². The molecule has 6 rings (SSSR count). The number of hydrogen-bond donors (Lipinski definition) is 2. The van der Waals surface area contributed by atoms with Crippen molar-refractivity contribution in [3.05, 3.63) is 35.3 Å². The zero-order valence-electron chi connectivity index (χ0n) is 18.0. The highest BCUT2D eigenvalue weighted by Crippen LogP contribution is 2.45. The number of hydrogen-bond acceptors (Lipinski definition) is 8. The topological polar surface area (TPSA) is 74.8 Å². The predicted octanol–water partition coefficient (Wildman–Crippen LogP) is 2.34. The van der Waals surface area contributed by atoms with Crippen LogP contribution in [-0.2, 0) is 17.5 Å². The van der Waals surface area contributed by atoms with Gasteiger partial charge in [-0.05, 0) is 12.1 Å². The van der Waals surface area contributed by atoms with Crippen molar-refractivity contribution in [2.75, 3.05) is 62.7 Å². The van der Waals surface area contributed by atoms with Gasteiger partial charge < -0.3 is 25.0 Å². The van der Waals surface area contributed by atoms with E-state index < -0.39 is 11.9 Å². The number of likely N-dealkylation sites (tertiary alicyclic amines) is 1. The first-order chi connectivity index (χ1) is 16.0. The number of nitrogens with zero attached hydrogens (tertiary/aromatic N) is 4. The molecule has 2 N–H and O–H groups in total. The number of rotatable bonds is 3. The molecule has 0 spiro atoms. The van der Waals surface area contributed by atoms with Crippen molar-refractivity contribution >= 4 is 17.2 Å². The van der Waals surface area contributed by atoms with Crippen LogP contribution in [0.2, 0.25) is 0 Å². The highest BCUT2D eigenvalue weighted by Gasteiger charge is 2.42. The van der Waals surface area contributed by atoms with Crippen LogP contribution < -0.4 is 20.3 Å². The number of alkyl halides is 3. The van der Waals surface area contributed by atoms with Crippen molar-refractivity contribution in [2.24, 2.45) is 0 Å². The average Bonchev–Trinajstić information content (AvgIpc) is 2.92. The Morgan fingerprint density at radius 3 is 2.61 bits per heavy atom. The molecule has 4 aliphatic rings. The quantitative estimate of drug-likeness (QED) is 0.720. The van der Waals surface area contributed by atoms with E-state index in [9.17, 15) is 13.2 Å². The number of morpholine rings is 1. The van der Waals surface area contributed by atoms with Crippen LogP contribution in [0.1, 0.15) is 22.9 Å². The van der Waals surface area contributed by atoms with Crippen molar-refractivity contribution in [1.82, 2.24) is 20.2 Å². The Bertz CT molecular complexity index is 1050. The molecule has 0 radical (unpaired) electrons. The van der Waals surface area contributed by atoms with Gasteiger partial charge in [0.25, 0.3) is 0 Å². The molecule has 6 heterocycles. The first-order valence-electron chi connectivity index (χ1n) is 11.2. The van der Waals surface area contributed by atoms with E-state index in [1.54, 1.807) is 12.3 Å². The van der Waals surface area contributed by atoms with Gasteiger partial charge in [0.15, 0.2) is 11.4 Å². The van der Waals surface area contributed by atoms with Crippen LogP contribution in [0.15, 0.2) is 18.3 Å². The lowest BCUT2D eigenvalue weighted by atomic mass is 9.91. The second-order valence-corrected chi connectivity index (χ2v) is 8.90. The molecule has 4 aliphatic heterocycles. The van der Waals surface area contributed by atoms with E-state index in [0.717, 1.165) is 24.3 Å². The lowest BCUT2D eigenvalue weighted by Gasteiger charge is -2.48. The maximum absolute atomic E-state index is 14.0. The van der Waals surface area contributed by atoms with Gasteiger partial charge in [0, 0.05) is 68.8 Å². The summed E-state index contributed by atoms with van der Waals surface area (Å²) in [5.74, 6) is 0.213. The molecular formula is C22H25F3N6O2. The smallest absolute Gasteiger partial charge is 0.437 e. The fourth-order valence-electron chi connectivity index (χ4n) is 4.83. The van der Waals surface area contributed by atoms with E-state index in [-0.39, 0.29) is 24.0 Å². The summed E-state index contributed by atoms with van der Waals surface area (Å²) in [7, 11) is 0. The van der Waals surface area contributed by atoms with Crippen LogP contribution in [0.25, 0.3) is 0 Å². The Morgan fingerprint density at radius 1 is 1.12 bits per heavy atom. The molecule has 176 valence electrons. The highest BCUT2D eigenvalue weighted by atomic mass is 19.4. The molecule has 0 aliphatic carbocycles. The number of ether oxygens (including phenoxy) is 2. The minimum atomic E-state index is -4.62. The Kier molecular flexibility index (Phi) is 5.07. The van der Waals surface area contributed by atoms with Crippen molar-refractivity contribution in [2.45, 2.75) is 24.7 Å². The van der Waals surface area contributed by atoms with E-state index in [1.807, 2.05) is 6.07 Å². The first kappa shape index (κ1) is 20.9. The van der Waals surface area contributed by atoms with Crippen molar-refractivity contribution in [3.63, 3.8) is 0 Å². The van der Waals surface area contributed by atoms with Crippen molar-refractivity contribution < 1.29 is 22.6 Å². The van der Waals surface area contributed by atoms with Gasteiger partial charge in [-0.15, -0.1) is 0 Å². The summed E-state index contributed by atoms with van der Waals surface area (Å²) in [6.07, 6.45) is -2.95. The van der Waals surface area contributed by atoms with Crippen LogP contribution in [-0.4, -0.2) is 73.4 Å². The van der Waals surface area contributed by atoms with E-state index >= 15 is 0 Å². The van der Waals surface area contributed by atoms with Crippen LogP contribution in [0.3, 0.4) is 0 Å². The summed E-state index contributed by atoms with van der Waals surface area (Å²) in [4.78, 5) is 12.9. The fourth-order valence-corrected chi connectivity index (χ4v) is 4.83. The lowest BCUT2D eigenvalue weighted by Crippen LogP contribution is -2.63. The van der Waals surface area contributed by atoms with E-state index in [4.69, 9.17) is 9.47 Å². The SMILES string of the molecule is FC(F)(F)c1nc(C2CN(C3CNC3)C2)cc2c1OCc1c(N3CCOCC3)ccnc1N2. The standard InChI is InChI=1S/C22H25F3N6O2/c23-22(24,25)20-19-17(7-16(28-20)13-10-31(11-13)14-8-26-9-14)29-21-15(12-33-19)18(1-2-27-21)30-3-5-32-6-4-30/h1-2,7,13-14,26H,3-6,8-12H2,(H,27,29). The van der Waals surface area contributed by atoms with Gasteiger partial charge in [0.2, 0.25) is 0 Å². The first-order valence-corrected chi connectivity index (χ1v) is 11.2. The van der Waals surface area contributed by atoms with Crippen LogP contribution in [0.4, 0.5) is 30.4 Å². The number of pyridine rings is 2. The third kappa shape index (κ3) is 3.77. The van der Waals surface area contributed by atoms with E-state index in [1.165, 1.54) is 0 Å². The molecule has 0 bridgehead atoms. The summed E-state index contributed by atoms with van der Waals surface area (Å²) in [6.45, 7) is 5.89. The average molecular weight is 462 g/mol. The van der Waals surface area contributed by atoms with Crippen LogP contribution >= 0.6 is 0 Å². The molecule has 0 aromatic carbocycles. The maximum Gasteiger partial charge on any atom is 0.437 e. The van der Waals surface area contributed by atoms with E-state index in [2.05, 4.69) is 30.4 Å². The number of aromatic nitrogens is 2.